The second-order valence-corrected chi connectivity index (χ2v) is 20.5. The van der Waals surface area contributed by atoms with Gasteiger partial charge < -0.3 is 24.2 Å². The summed E-state index contributed by atoms with van der Waals surface area (Å²) in [5.74, 6) is -1.49. The number of hydrogen-bond donors (Lipinski definition) is 2. The number of carbonyl (C=O) groups is 3. The van der Waals surface area contributed by atoms with Crippen molar-refractivity contribution in [3.05, 3.63) is 72.9 Å². The van der Waals surface area contributed by atoms with Gasteiger partial charge in [-0.3, -0.25) is 23.4 Å². The Kier molecular flexibility index (Phi) is 51.9. The van der Waals surface area contributed by atoms with E-state index in [1.165, 1.54) is 64.2 Å². The number of aliphatic hydroxyl groups excluding tert-OH is 1. The first-order chi connectivity index (χ1) is 35.2. The zero-order chi connectivity index (χ0) is 52.7. The fourth-order valence-electron chi connectivity index (χ4n) is 7.73. The van der Waals surface area contributed by atoms with Crippen LogP contribution in [0.4, 0.5) is 0 Å². The Morgan fingerprint density at radius 1 is 0.403 bits per heavy atom. The van der Waals surface area contributed by atoms with E-state index in [2.05, 4.69) is 93.7 Å². The van der Waals surface area contributed by atoms with Gasteiger partial charge in [0, 0.05) is 19.3 Å². The molecule has 0 radical (unpaired) electrons. The molecule has 2 N–H and O–H groups in total. The van der Waals surface area contributed by atoms with E-state index in [9.17, 15) is 28.9 Å². The van der Waals surface area contributed by atoms with E-state index in [1.807, 2.05) is 0 Å². The van der Waals surface area contributed by atoms with Crippen molar-refractivity contribution in [2.45, 2.75) is 264 Å². The standard InChI is InChI=1S/C60H105O11P/c1-4-7-10-13-16-19-21-23-25-27-28-30-31-33-35-38-40-43-46-49-58(62)67-53-57(71-60(64)51-48-45-42-39-36-34-32-29-26-24-22-20-17-14-11-8-5-2)55-69-72(65,66)68-54-56(52-61)70-59(63)50-47-44-41-37-18-15-12-9-6-3/h8,11,16-17,19-20,23-26,28,30,56-57,61H,4-7,9-10,12-15,18,21-22,27,29,31-55H2,1-3H3,(H,65,66)/b11-8-,19-16-,20-17-,25-23-,26-24-,30-28-. The molecule has 3 unspecified atom stereocenters. The Hall–Kier alpha value is -3.08. The normalized spacial score (nSPS) is 13.9. The molecular weight excluding hydrogens is 928 g/mol. The summed E-state index contributed by atoms with van der Waals surface area (Å²) in [5.41, 5.74) is 0. The molecule has 0 fully saturated rings. The van der Waals surface area contributed by atoms with Gasteiger partial charge in [0.2, 0.25) is 0 Å². The van der Waals surface area contributed by atoms with Crippen molar-refractivity contribution in [2.24, 2.45) is 0 Å². The number of hydrogen-bond acceptors (Lipinski definition) is 10. The zero-order valence-electron chi connectivity index (χ0n) is 45.9. The molecule has 0 saturated heterocycles. The number of ether oxygens (including phenoxy) is 3. The Morgan fingerprint density at radius 2 is 0.722 bits per heavy atom. The minimum Gasteiger partial charge on any atom is -0.462 e. The van der Waals surface area contributed by atoms with Crippen LogP contribution in [0.1, 0.15) is 252 Å². The number of carbonyl (C=O) groups excluding carboxylic acids is 3. The highest BCUT2D eigenvalue weighted by Crippen LogP contribution is 2.43. The molecule has 0 spiro atoms. The molecule has 0 saturated carbocycles. The highest BCUT2D eigenvalue weighted by Gasteiger charge is 2.28. The average molecular weight is 1030 g/mol. The monoisotopic (exact) mass is 1030 g/mol. The number of unbranched alkanes of at least 4 members (excludes halogenated alkanes) is 24. The van der Waals surface area contributed by atoms with Crippen LogP contribution in [-0.4, -0.2) is 66.5 Å². The quantitative estimate of drug-likeness (QED) is 0.0197. The molecule has 0 aliphatic rings. The fourth-order valence-corrected chi connectivity index (χ4v) is 8.51. The molecule has 416 valence electrons. The summed E-state index contributed by atoms with van der Waals surface area (Å²) in [7, 11) is -4.75. The molecule has 12 heteroatoms. The van der Waals surface area contributed by atoms with E-state index in [-0.39, 0.29) is 25.9 Å². The van der Waals surface area contributed by atoms with Crippen molar-refractivity contribution in [3.8, 4) is 0 Å². The largest absolute Gasteiger partial charge is 0.472 e. The smallest absolute Gasteiger partial charge is 0.462 e. The topological polar surface area (TPSA) is 155 Å². The van der Waals surface area contributed by atoms with Crippen LogP contribution in [0.2, 0.25) is 0 Å². The lowest BCUT2D eigenvalue weighted by Crippen LogP contribution is -2.30. The minimum absolute atomic E-state index is 0.152. The van der Waals surface area contributed by atoms with E-state index < -0.39 is 57.8 Å². The Morgan fingerprint density at radius 3 is 1.14 bits per heavy atom. The van der Waals surface area contributed by atoms with Gasteiger partial charge in [0.1, 0.15) is 12.7 Å². The third-order valence-electron chi connectivity index (χ3n) is 12.1. The molecule has 0 aliphatic heterocycles. The summed E-state index contributed by atoms with van der Waals surface area (Å²) in [6, 6.07) is 0. The van der Waals surface area contributed by atoms with Crippen molar-refractivity contribution in [2.75, 3.05) is 26.4 Å². The van der Waals surface area contributed by atoms with Crippen LogP contribution >= 0.6 is 7.82 Å². The number of phosphoric acid groups is 1. The highest BCUT2D eigenvalue weighted by atomic mass is 31.2. The first-order valence-electron chi connectivity index (χ1n) is 28.8. The van der Waals surface area contributed by atoms with E-state index in [4.69, 9.17) is 23.3 Å². The van der Waals surface area contributed by atoms with Crippen molar-refractivity contribution in [1.29, 1.82) is 0 Å². The van der Waals surface area contributed by atoms with Gasteiger partial charge in [-0.15, -0.1) is 0 Å². The maximum absolute atomic E-state index is 12.9. The SMILES string of the molecule is CC/C=C\C/C=C\C/C=C\CCCCCCCCCC(=O)OC(COC(=O)CCCCCCCC/C=C\C/C=C\C/C=C\CCCCC)COP(=O)(O)OCC(CO)OC(=O)CCCCCCCCCCC. The van der Waals surface area contributed by atoms with Crippen LogP contribution in [0.5, 0.6) is 0 Å². The van der Waals surface area contributed by atoms with E-state index in [0.29, 0.717) is 19.3 Å². The van der Waals surface area contributed by atoms with Gasteiger partial charge >= 0.3 is 25.7 Å². The van der Waals surface area contributed by atoms with Gasteiger partial charge in [-0.2, -0.15) is 0 Å². The number of rotatable bonds is 53. The summed E-state index contributed by atoms with van der Waals surface area (Å²) in [6.45, 7) is 4.46. The third kappa shape index (κ3) is 51.8. The van der Waals surface area contributed by atoms with Gasteiger partial charge in [-0.25, -0.2) is 4.57 Å². The van der Waals surface area contributed by atoms with Crippen molar-refractivity contribution in [3.63, 3.8) is 0 Å². The second-order valence-electron chi connectivity index (χ2n) is 19.1. The summed E-state index contributed by atoms with van der Waals surface area (Å²) in [4.78, 5) is 48.5. The average Bonchev–Trinajstić information content (AvgIpc) is 3.37. The lowest BCUT2D eigenvalue weighted by molar-refractivity contribution is -0.161. The fraction of sp³-hybridized carbons (Fsp3) is 0.750. The first kappa shape index (κ1) is 68.9. The summed E-state index contributed by atoms with van der Waals surface area (Å²) < 4.78 is 39.4. The molecule has 11 nitrogen and oxygen atoms in total. The van der Waals surface area contributed by atoms with Crippen LogP contribution < -0.4 is 0 Å². The molecule has 3 atom stereocenters. The molecule has 0 amide bonds. The first-order valence-corrected chi connectivity index (χ1v) is 30.3. The number of esters is 3. The minimum atomic E-state index is -4.75. The van der Waals surface area contributed by atoms with Crippen molar-refractivity contribution >= 4 is 25.7 Å². The summed E-state index contributed by atoms with van der Waals surface area (Å²) >= 11 is 0. The lowest BCUT2D eigenvalue weighted by Gasteiger charge is -2.21. The third-order valence-corrected chi connectivity index (χ3v) is 13.1. The lowest BCUT2D eigenvalue weighted by atomic mass is 10.1. The molecule has 0 heterocycles. The van der Waals surface area contributed by atoms with Gasteiger partial charge in [0.25, 0.3) is 0 Å². The van der Waals surface area contributed by atoms with Gasteiger partial charge in [-0.05, 0) is 89.9 Å². The highest BCUT2D eigenvalue weighted by molar-refractivity contribution is 7.47. The second kappa shape index (κ2) is 54.2. The van der Waals surface area contributed by atoms with E-state index >= 15 is 0 Å². The predicted molar refractivity (Wildman–Crippen MR) is 298 cm³/mol. The van der Waals surface area contributed by atoms with Gasteiger partial charge in [0.15, 0.2) is 6.10 Å². The van der Waals surface area contributed by atoms with Gasteiger partial charge in [0.05, 0.1) is 19.8 Å². The maximum Gasteiger partial charge on any atom is 0.472 e. The van der Waals surface area contributed by atoms with E-state index in [1.54, 1.807) is 0 Å². The van der Waals surface area contributed by atoms with Crippen LogP contribution in [0.15, 0.2) is 72.9 Å². The molecule has 0 rings (SSSR count). The molecule has 0 aromatic carbocycles. The van der Waals surface area contributed by atoms with Crippen LogP contribution in [0.25, 0.3) is 0 Å². The number of allylic oxidation sites excluding steroid dienone is 12. The van der Waals surface area contributed by atoms with Crippen LogP contribution in [-0.2, 0) is 42.2 Å². The zero-order valence-corrected chi connectivity index (χ0v) is 46.8. The summed E-state index contributed by atoms with van der Waals surface area (Å²) in [5, 5.41) is 9.77. The molecule has 0 bridgehead atoms. The molecule has 72 heavy (non-hydrogen) atoms. The number of aliphatic hydroxyl groups is 1. The molecular formula is C60H105O11P. The Bertz CT molecular complexity index is 1490. The van der Waals surface area contributed by atoms with E-state index in [0.717, 1.165) is 128 Å². The van der Waals surface area contributed by atoms with Crippen LogP contribution in [0, 0.1) is 0 Å². The van der Waals surface area contributed by atoms with Gasteiger partial charge in [-0.1, -0.05) is 216 Å². The Balaban J connectivity index is 4.74. The molecule has 0 aliphatic carbocycles. The predicted octanol–water partition coefficient (Wildman–Crippen LogP) is 16.9. The summed E-state index contributed by atoms with van der Waals surface area (Å²) in [6.07, 6.45) is 60.1. The van der Waals surface area contributed by atoms with Crippen molar-refractivity contribution < 1.29 is 52.2 Å². The maximum atomic E-state index is 12.9. The van der Waals surface area contributed by atoms with Crippen LogP contribution in [0.3, 0.4) is 0 Å². The Labute approximate surface area is 439 Å². The molecule has 0 aromatic rings. The van der Waals surface area contributed by atoms with Crippen molar-refractivity contribution in [1.82, 2.24) is 0 Å². The number of phosphoric ester groups is 1. The molecule has 0 aromatic heterocycles.